The molecule has 2 saturated carbocycles. The molecule has 0 saturated heterocycles. The number of fused-ring (bicyclic) bond motifs is 1. The Kier molecular flexibility index (Phi) is 1.85. The first-order chi connectivity index (χ1) is 5.66. The van der Waals surface area contributed by atoms with Gasteiger partial charge in [0.05, 0.1) is 12.0 Å². The number of ether oxygens (including phenoxy) is 1. The van der Waals surface area contributed by atoms with Crippen LogP contribution in [0, 0.1) is 17.8 Å². The van der Waals surface area contributed by atoms with Gasteiger partial charge in [0.25, 0.3) is 0 Å². The number of hydrogen-bond donors (Lipinski definition) is 0. The molecule has 2 aliphatic carbocycles. The normalized spacial score (nSPS) is 38.1. The van der Waals surface area contributed by atoms with Crippen LogP contribution in [0.4, 0.5) is 0 Å². The van der Waals surface area contributed by atoms with E-state index >= 15 is 0 Å². The van der Waals surface area contributed by atoms with Crippen molar-refractivity contribution in [1.82, 2.24) is 0 Å². The van der Waals surface area contributed by atoms with Gasteiger partial charge in [-0.25, -0.2) is 0 Å². The van der Waals surface area contributed by atoms with E-state index in [9.17, 15) is 4.79 Å². The van der Waals surface area contributed by atoms with Gasteiger partial charge in [0.1, 0.15) is 0 Å². The molecule has 2 heteroatoms. The fraction of sp³-hybridized carbons (Fsp3) is 0.900. The minimum atomic E-state index is 0.0391. The molecular formula is C10H16O2. The van der Waals surface area contributed by atoms with Crippen LogP contribution >= 0.6 is 0 Å². The molecule has 2 fully saturated rings. The lowest BCUT2D eigenvalue weighted by Crippen LogP contribution is -2.19. The second-order valence-electron chi connectivity index (χ2n) is 4.41. The van der Waals surface area contributed by atoms with Crippen molar-refractivity contribution in [2.24, 2.45) is 17.8 Å². The van der Waals surface area contributed by atoms with Crippen molar-refractivity contribution in [2.45, 2.75) is 39.2 Å². The summed E-state index contributed by atoms with van der Waals surface area (Å²) in [7, 11) is 0. The Morgan fingerprint density at radius 3 is 2.33 bits per heavy atom. The lowest BCUT2D eigenvalue weighted by Gasteiger charge is -2.13. The van der Waals surface area contributed by atoms with Crippen molar-refractivity contribution in [1.29, 1.82) is 0 Å². The monoisotopic (exact) mass is 168 g/mol. The Labute approximate surface area is 73.3 Å². The summed E-state index contributed by atoms with van der Waals surface area (Å²) in [6.07, 6.45) is 3.60. The molecule has 2 nitrogen and oxygen atoms in total. The SMILES string of the molecule is CC(C)OC(=O)C1CC2CC2C1. The maximum absolute atomic E-state index is 11.4. The molecule has 2 rings (SSSR count). The van der Waals surface area contributed by atoms with Gasteiger partial charge in [0.15, 0.2) is 0 Å². The third-order valence-electron chi connectivity index (χ3n) is 2.93. The van der Waals surface area contributed by atoms with E-state index in [-0.39, 0.29) is 18.0 Å². The fourth-order valence-corrected chi connectivity index (χ4v) is 2.24. The molecule has 12 heavy (non-hydrogen) atoms. The van der Waals surface area contributed by atoms with Gasteiger partial charge in [-0.2, -0.15) is 0 Å². The predicted octanol–water partition coefficient (Wildman–Crippen LogP) is 1.98. The van der Waals surface area contributed by atoms with Gasteiger partial charge in [-0.05, 0) is 44.9 Å². The van der Waals surface area contributed by atoms with E-state index in [1.165, 1.54) is 6.42 Å². The third-order valence-corrected chi connectivity index (χ3v) is 2.93. The van der Waals surface area contributed by atoms with Crippen molar-refractivity contribution in [2.75, 3.05) is 0 Å². The first-order valence-corrected chi connectivity index (χ1v) is 4.87. The number of carbonyl (C=O) groups excluding carboxylic acids is 1. The van der Waals surface area contributed by atoms with Crippen LogP contribution in [-0.4, -0.2) is 12.1 Å². The Hall–Kier alpha value is -0.530. The van der Waals surface area contributed by atoms with Crippen molar-refractivity contribution in [3.63, 3.8) is 0 Å². The standard InChI is InChI=1S/C10H16O2/c1-6(2)12-10(11)9-4-7-3-8(7)5-9/h6-9H,3-5H2,1-2H3. The van der Waals surface area contributed by atoms with Gasteiger partial charge >= 0.3 is 5.97 Å². The summed E-state index contributed by atoms with van der Waals surface area (Å²) in [6, 6.07) is 0. The molecule has 0 aromatic rings. The Bertz CT molecular complexity index is 188. The molecule has 0 bridgehead atoms. The van der Waals surface area contributed by atoms with Crippen molar-refractivity contribution in [3.8, 4) is 0 Å². The largest absolute Gasteiger partial charge is 0.463 e. The van der Waals surface area contributed by atoms with Crippen LogP contribution in [0.25, 0.3) is 0 Å². The minimum absolute atomic E-state index is 0.0391. The zero-order valence-corrected chi connectivity index (χ0v) is 7.75. The first-order valence-electron chi connectivity index (χ1n) is 4.87. The van der Waals surface area contributed by atoms with E-state index in [2.05, 4.69) is 0 Å². The highest BCUT2D eigenvalue weighted by Crippen LogP contribution is 2.54. The summed E-state index contributed by atoms with van der Waals surface area (Å²) in [6.45, 7) is 3.82. The van der Waals surface area contributed by atoms with Gasteiger partial charge in [-0.3, -0.25) is 4.79 Å². The topological polar surface area (TPSA) is 26.3 Å². The van der Waals surface area contributed by atoms with Crippen molar-refractivity contribution < 1.29 is 9.53 Å². The molecule has 0 spiro atoms. The second-order valence-corrected chi connectivity index (χ2v) is 4.41. The maximum atomic E-state index is 11.4. The van der Waals surface area contributed by atoms with Crippen LogP contribution in [-0.2, 0) is 9.53 Å². The average Bonchev–Trinajstić information content (AvgIpc) is 2.57. The summed E-state index contributed by atoms with van der Waals surface area (Å²) < 4.78 is 5.16. The summed E-state index contributed by atoms with van der Waals surface area (Å²) in [4.78, 5) is 11.4. The molecule has 0 aliphatic heterocycles. The third kappa shape index (κ3) is 1.47. The average molecular weight is 168 g/mol. The summed E-state index contributed by atoms with van der Waals surface area (Å²) in [5, 5.41) is 0. The quantitative estimate of drug-likeness (QED) is 0.589. The van der Waals surface area contributed by atoms with E-state index in [0.717, 1.165) is 24.7 Å². The zero-order valence-electron chi connectivity index (χ0n) is 7.75. The van der Waals surface area contributed by atoms with Crippen LogP contribution in [0.3, 0.4) is 0 Å². The second kappa shape index (κ2) is 2.75. The van der Waals surface area contributed by atoms with Gasteiger partial charge in [-0.15, -0.1) is 0 Å². The van der Waals surface area contributed by atoms with Gasteiger partial charge in [0, 0.05) is 0 Å². The van der Waals surface area contributed by atoms with E-state index in [0.29, 0.717) is 0 Å². The number of carbonyl (C=O) groups is 1. The van der Waals surface area contributed by atoms with Crippen LogP contribution in [0.2, 0.25) is 0 Å². The van der Waals surface area contributed by atoms with E-state index in [1.54, 1.807) is 0 Å². The van der Waals surface area contributed by atoms with E-state index in [4.69, 9.17) is 4.74 Å². The molecule has 0 N–H and O–H groups in total. The van der Waals surface area contributed by atoms with Crippen LogP contribution in [0.1, 0.15) is 33.1 Å². The Balaban J connectivity index is 1.81. The summed E-state index contributed by atoms with van der Waals surface area (Å²) >= 11 is 0. The lowest BCUT2D eigenvalue weighted by atomic mass is 10.0. The molecule has 2 atom stereocenters. The zero-order chi connectivity index (χ0) is 8.72. The molecular weight excluding hydrogens is 152 g/mol. The highest BCUT2D eigenvalue weighted by atomic mass is 16.5. The summed E-state index contributed by atoms with van der Waals surface area (Å²) in [5.74, 6) is 2.01. The molecule has 2 aliphatic rings. The molecule has 0 radical (unpaired) electrons. The summed E-state index contributed by atoms with van der Waals surface area (Å²) in [5.41, 5.74) is 0. The molecule has 0 amide bonds. The highest BCUT2D eigenvalue weighted by Gasteiger charge is 2.48. The van der Waals surface area contributed by atoms with E-state index < -0.39 is 0 Å². The number of esters is 1. The smallest absolute Gasteiger partial charge is 0.309 e. The van der Waals surface area contributed by atoms with Gasteiger partial charge in [-0.1, -0.05) is 0 Å². The maximum Gasteiger partial charge on any atom is 0.309 e. The number of hydrogen-bond acceptors (Lipinski definition) is 2. The molecule has 0 aromatic heterocycles. The number of rotatable bonds is 2. The Morgan fingerprint density at radius 2 is 1.83 bits per heavy atom. The molecule has 0 heterocycles. The highest BCUT2D eigenvalue weighted by molar-refractivity contribution is 5.73. The minimum Gasteiger partial charge on any atom is -0.463 e. The fourth-order valence-electron chi connectivity index (χ4n) is 2.24. The first kappa shape index (κ1) is 8.09. The predicted molar refractivity (Wildman–Crippen MR) is 45.5 cm³/mol. The van der Waals surface area contributed by atoms with Crippen LogP contribution < -0.4 is 0 Å². The van der Waals surface area contributed by atoms with Crippen LogP contribution in [0.15, 0.2) is 0 Å². The Morgan fingerprint density at radius 1 is 1.25 bits per heavy atom. The van der Waals surface area contributed by atoms with Crippen LogP contribution in [0.5, 0.6) is 0 Å². The van der Waals surface area contributed by atoms with Gasteiger partial charge in [0.2, 0.25) is 0 Å². The van der Waals surface area contributed by atoms with E-state index in [1.807, 2.05) is 13.8 Å². The van der Waals surface area contributed by atoms with Crippen molar-refractivity contribution in [3.05, 3.63) is 0 Å². The molecule has 2 unspecified atom stereocenters. The molecule has 68 valence electrons. The lowest BCUT2D eigenvalue weighted by molar-refractivity contribution is -0.152. The van der Waals surface area contributed by atoms with Crippen molar-refractivity contribution >= 4 is 5.97 Å². The molecule has 0 aromatic carbocycles. The van der Waals surface area contributed by atoms with Gasteiger partial charge < -0.3 is 4.74 Å².